The van der Waals surface area contributed by atoms with Crippen molar-refractivity contribution in [2.45, 2.75) is 32.4 Å². The van der Waals surface area contributed by atoms with Gasteiger partial charge in [-0.15, -0.1) is 24.0 Å². The number of aromatic nitrogens is 1. The molecular formula is C21H32IN5O2. The topological polar surface area (TPSA) is 74.9 Å². The molecule has 29 heavy (non-hydrogen) atoms. The van der Waals surface area contributed by atoms with Gasteiger partial charge in [0.2, 0.25) is 0 Å². The van der Waals surface area contributed by atoms with E-state index < -0.39 is 0 Å². The SMILES string of the molecule is CN=C(NCc1cc(C(C)C)no1)NCC(c1ccccc1)N1CCOCC1.I. The number of nitrogens with zero attached hydrogens (tertiary/aromatic N) is 3. The molecule has 1 unspecified atom stereocenters. The predicted octanol–water partition coefficient (Wildman–Crippen LogP) is 3.15. The van der Waals surface area contributed by atoms with Crippen LogP contribution in [0.15, 0.2) is 45.9 Å². The standard InChI is InChI=1S/C21H31N5O2.HI/c1-16(2)19-13-18(28-25-19)14-23-21(22-3)24-15-20(17-7-5-4-6-8-17)26-9-11-27-12-10-26;/h4-8,13,16,20H,9-12,14-15H2,1-3H3,(H2,22,23,24);1H. The lowest BCUT2D eigenvalue weighted by Gasteiger charge is -2.35. The summed E-state index contributed by atoms with van der Waals surface area (Å²) in [6.07, 6.45) is 0. The zero-order valence-corrected chi connectivity index (χ0v) is 19.8. The maximum Gasteiger partial charge on any atom is 0.191 e. The maximum absolute atomic E-state index is 5.52. The molecule has 1 aliphatic rings. The number of hydrogen-bond donors (Lipinski definition) is 2. The molecule has 0 spiro atoms. The van der Waals surface area contributed by atoms with Gasteiger partial charge in [-0.3, -0.25) is 9.89 Å². The number of ether oxygens (including phenoxy) is 1. The highest BCUT2D eigenvalue weighted by Gasteiger charge is 2.22. The Morgan fingerprint density at radius 3 is 2.52 bits per heavy atom. The van der Waals surface area contributed by atoms with Crippen LogP contribution in [0.2, 0.25) is 0 Å². The smallest absolute Gasteiger partial charge is 0.191 e. The number of guanidine groups is 1. The Kier molecular flexibility index (Phi) is 9.89. The van der Waals surface area contributed by atoms with Gasteiger partial charge in [0, 0.05) is 32.7 Å². The van der Waals surface area contributed by atoms with E-state index in [4.69, 9.17) is 9.26 Å². The van der Waals surface area contributed by atoms with Crippen LogP contribution < -0.4 is 10.6 Å². The van der Waals surface area contributed by atoms with Gasteiger partial charge in [0.1, 0.15) is 0 Å². The highest BCUT2D eigenvalue weighted by atomic mass is 127. The van der Waals surface area contributed by atoms with Crippen molar-refractivity contribution >= 4 is 29.9 Å². The number of morpholine rings is 1. The molecule has 0 radical (unpaired) electrons. The summed E-state index contributed by atoms with van der Waals surface area (Å²) in [5, 5.41) is 10.9. The van der Waals surface area contributed by atoms with Crippen molar-refractivity contribution in [3.63, 3.8) is 0 Å². The summed E-state index contributed by atoms with van der Waals surface area (Å²) in [5.41, 5.74) is 2.26. The lowest BCUT2D eigenvalue weighted by Crippen LogP contribution is -2.46. The molecule has 0 saturated carbocycles. The fourth-order valence-electron chi connectivity index (χ4n) is 3.29. The Bertz CT molecular complexity index is 745. The first-order valence-corrected chi connectivity index (χ1v) is 9.94. The summed E-state index contributed by atoms with van der Waals surface area (Å²) in [5.74, 6) is 1.91. The van der Waals surface area contributed by atoms with E-state index in [9.17, 15) is 0 Å². The fourth-order valence-corrected chi connectivity index (χ4v) is 3.29. The predicted molar refractivity (Wildman–Crippen MR) is 126 cm³/mol. The zero-order chi connectivity index (χ0) is 19.8. The van der Waals surface area contributed by atoms with Crippen molar-refractivity contribution < 1.29 is 9.26 Å². The second-order valence-corrected chi connectivity index (χ2v) is 7.25. The summed E-state index contributed by atoms with van der Waals surface area (Å²) in [7, 11) is 1.78. The van der Waals surface area contributed by atoms with Crippen molar-refractivity contribution in [1.82, 2.24) is 20.7 Å². The van der Waals surface area contributed by atoms with Gasteiger partial charge in [0.25, 0.3) is 0 Å². The van der Waals surface area contributed by atoms with Crippen LogP contribution in [-0.2, 0) is 11.3 Å². The van der Waals surface area contributed by atoms with E-state index in [-0.39, 0.29) is 30.0 Å². The van der Waals surface area contributed by atoms with Crippen molar-refractivity contribution in [2.75, 3.05) is 39.9 Å². The molecule has 0 bridgehead atoms. The number of hydrogen-bond acceptors (Lipinski definition) is 5. The molecule has 7 nitrogen and oxygen atoms in total. The quantitative estimate of drug-likeness (QED) is 0.337. The Balaban J connectivity index is 0.00000300. The van der Waals surface area contributed by atoms with Gasteiger partial charge >= 0.3 is 0 Å². The van der Waals surface area contributed by atoms with E-state index >= 15 is 0 Å². The molecule has 1 fully saturated rings. The summed E-state index contributed by atoms with van der Waals surface area (Å²) in [6, 6.07) is 12.8. The van der Waals surface area contributed by atoms with Crippen molar-refractivity contribution in [1.29, 1.82) is 0 Å². The number of rotatable bonds is 7. The largest absolute Gasteiger partial charge is 0.379 e. The third-order valence-corrected chi connectivity index (χ3v) is 4.96. The van der Waals surface area contributed by atoms with Crippen LogP contribution in [0.3, 0.4) is 0 Å². The van der Waals surface area contributed by atoms with E-state index in [0.717, 1.165) is 50.3 Å². The van der Waals surface area contributed by atoms with Crippen molar-refractivity contribution in [3.8, 4) is 0 Å². The first-order valence-electron chi connectivity index (χ1n) is 9.94. The Morgan fingerprint density at radius 2 is 1.90 bits per heavy atom. The van der Waals surface area contributed by atoms with Crippen LogP contribution in [0.1, 0.15) is 42.8 Å². The summed E-state index contributed by atoms with van der Waals surface area (Å²) in [4.78, 5) is 6.81. The minimum Gasteiger partial charge on any atom is -0.379 e. The van der Waals surface area contributed by atoms with Gasteiger partial charge in [0.15, 0.2) is 11.7 Å². The van der Waals surface area contributed by atoms with Crippen LogP contribution in [0.4, 0.5) is 0 Å². The van der Waals surface area contributed by atoms with E-state index in [0.29, 0.717) is 12.5 Å². The van der Waals surface area contributed by atoms with Gasteiger partial charge in [-0.05, 0) is 11.5 Å². The van der Waals surface area contributed by atoms with Crippen LogP contribution >= 0.6 is 24.0 Å². The van der Waals surface area contributed by atoms with E-state index in [1.54, 1.807) is 7.05 Å². The van der Waals surface area contributed by atoms with Crippen LogP contribution in [-0.4, -0.2) is 55.9 Å². The maximum atomic E-state index is 5.52. The number of nitrogens with one attached hydrogen (secondary N) is 2. The number of halogens is 1. The normalized spacial score (nSPS) is 16.3. The average Bonchev–Trinajstić information content (AvgIpc) is 3.21. The third kappa shape index (κ3) is 6.97. The van der Waals surface area contributed by atoms with E-state index in [2.05, 4.69) is 69.9 Å². The monoisotopic (exact) mass is 513 g/mol. The number of benzene rings is 1. The molecule has 2 heterocycles. The van der Waals surface area contributed by atoms with E-state index in [1.165, 1.54) is 5.56 Å². The van der Waals surface area contributed by atoms with Gasteiger partial charge in [0.05, 0.1) is 31.5 Å². The zero-order valence-electron chi connectivity index (χ0n) is 17.4. The summed E-state index contributed by atoms with van der Waals surface area (Å²) in [6.45, 7) is 8.94. The molecule has 1 aromatic carbocycles. The first kappa shape index (κ1) is 23.6. The molecular weight excluding hydrogens is 481 g/mol. The molecule has 8 heteroatoms. The molecule has 1 saturated heterocycles. The van der Waals surface area contributed by atoms with Gasteiger partial charge in [-0.2, -0.15) is 0 Å². The average molecular weight is 513 g/mol. The van der Waals surface area contributed by atoms with Crippen molar-refractivity contribution in [2.24, 2.45) is 4.99 Å². The summed E-state index contributed by atoms with van der Waals surface area (Å²) < 4.78 is 10.9. The van der Waals surface area contributed by atoms with Gasteiger partial charge in [-0.25, -0.2) is 0 Å². The highest BCUT2D eigenvalue weighted by Crippen LogP contribution is 2.21. The summed E-state index contributed by atoms with van der Waals surface area (Å²) >= 11 is 0. The Morgan fingerprint density at radius 1 is 1.17 bits per heavy atom. The fraction of sp³-hybridized carbons (Fsp3) is 0.524. The van der Waals surface area contributed by atoms with Crippen LogP contribution in [0.25, 0.3) is 0 Å². The third-order valence-electron chi connectivity index (χ3n) is 4.96. The second-order valence-electron chi connectivity index (χ2n) is 7.25. The first-order chi connectivity index (χ1) is 13.7. The minimum absolute atomic E-state index is 0. The molecule has 0 aliphatic carbocycles. The van der Waals surface area contributed by atoms with Crippen molar-refractivity contribution in [3.05, 3.63) is 53.4 Å². The Labute approximate surface area is 190 Å². The lowest BCUT2D eigenvalue weighted by molar-refractivity contribution is 0.0170. The molecule has 160 valence electrons. The molecule has 0 amide bonds. The molecule has 1 aromatic heterocycles. The number of aliphatic imine (C=N–C) groups is 1. The molecule has 2 N–H and O–H groups in total. The van der Waals surface area contributed by atoms with E-state index in [1.807, 2.05) is 6.07 Å². The molecule has 1 atom stereocenters. The molecule has 3 rings (SSSR count). The molecule has 1 aliphatic heterocycles. The minimum atomic E-state index is 0. The van der Waals surface area contributed by atoms with Crippen LogP contribution in [0.5, 0.6) is 0 Å². The highest BCUT2D eigenvalue weighted by molar-refractivity contribution is 14.0. The Hall–Kier alpha value is -1.65. The van der Waals surface area contributed by atoms with Gasteiger partial charge in [-0.1, -0.05) is 49.3 Å². The van der Waals surface area contributed by atoms with Crippen LogP contribution in [0, 0.1) is 0 Å². The van der Waals surface area contributed by atoms with Gasteiger partial charge < -0.3 is 19.9 Å². The lowest BCUT2D eigenvalue weighted by atomic mass is 10.0. The second kappa shape index (κ2) is 12.1. The molecule has 2 aromatic rings.